The van der Waals surface area contributed by atoms with Crippen molar-refractivity contribution in [3.8, 4) is 0 Å². The molecule has 106 valence electrons. The predicted octanol–water partition coefficient (Wildman–Crippen LogP) is 2.18. The Morgan fingerprint density at radius 2 is 2.00 bits per heavy atom. The summed E-state index contributed by atoms with van der Waals surface area (Å²) in [6.07, 6.45) is 4.37. The molecule has 4 nitrogen and oxygen atoms in total. The lowest BCUT2D eigenvalue weighted by Gasteiger charge is -2.18. The number of thiol groups is 1. The normalized spacial score (nSPS) is 13.8. The topological polar surface area (TPSA) is 55.4 Å². The summed E-state index contributed by atoms with van der Waals surface area (Å²) in [5, 5.41) is 2.52. The van der Waals surface area contributed by atoms with Gasteiger partial charge in [-0.2, -0.15) is 12.6 Å². The number of esters is 1. The van der Waals surface area contributed by atoms with Crippen LogP contribution in [0.3, 0.4) is 0 Å². The Bertz CT molecular complexity index is 259. The summed E-state index contributed by atoms with van der Waals surface area (Å²) in [7, 11) is 0. The fourth-order valence-electron chi connectivity index (χ4n) is 1.62. The number of carbonyl (C=O) groups is 2. The number of ether oxygens (including phenoxy) is 1. The van der Waals surface area contributed by atoms with Gasteiger partial charge in [0.15, 0.2) is 0 Å². The predicted molar refractivity (Wildman–Crippen MR) is 75.7 cm³/mol. The first kappa shape index (κ1) is 17.3. The molecule has 0 rings (SSSR count). The van der Waals surface area contributed by atoms with E-state index in [1.54, 1.807) is 0 Å². The van der Waals surface area contributed by atoms with Crippen molar-refractivity contribution in [1.29, 1.82) is 0 Å². The van der Waals surface area contributed by atoms with Crippen LogP contribution in [0.2, 0.25) is 0 Å². The van der Waals surface area contributed by atoms with Gasteiger partial charge in [-0.1, -0.05) is 33.1 Å². The standard InChI is InChI=1S/C13H25NO3S/c1-4-6-7-11(5-2)8-17-13(16)12(9-18)14-10(3)15/h11-12,18H,4-9H2,1-3H3,(H,14,15)/t11?,12-/m0/s1. The maximum Gasteiger partial charge on any atom is 0.329 e. The zero-order chi connectivity index (χ0) is 14.0. The van der Waals surface area contributed by atoms with E-state index < -0.39 is 12.0 Å². The molecule has 0 fully saturated rings. The second-order valence-corrected chi connectivity index (χ2v) is 4.85. The summed E-state index contributed by atoms with van der Waals surface area (Å²) in [4.78, 5) is 22.6. The molecular formula is C13H25NO3S. The van der Waals surface area contributed by atoms with E-state index in [1.807, 2.05) is 0 Å². The summed E-state index contributed by atoms with van der Waals surface area (Å²) < 4.78 is 5.24. The molecule has 0 saturated carbocycles. The van der Waals surface area contributed by atoms with E-state index in [-0.39, 0.29) is 11.7 Å². The number of unbranched alkanes of at least 4 members (excludes halogenated alkanes) is 1. The SMILES string of the molecule is CCCCC(CC)COC(=O)[C@H](CS)NC(C)=O. The number of rotatable bonds is 9. The van der Waals surface area contributed by atoms with Crippen LogP contribution in [-0.4, -0.2) is 30.3 Å². The molecule has 0 heterocycles. The van der Waals surface area contributed by atoms with E-state index in [0.29, 0.717) is 12.5 Å². The van der Waals surface area contributed by atoms with Crippen LogP contribution in [0.4, 0.5) is 0 Å². The van der Waals surface area contributed by atoms with Gasteiger partial charge < -0.3 is 10.1 Å². The van der Waals surface area contributed by atoms with Gasteiger partial charge in [-0.15, -0.1) is 0 Å². The molecule has 0 saturated heterocycles. The molecule has 0 aliphatic heterocycles. The van der Waals surface area contributed by atoms with Crippen LogP contribution in [0.15, 0.2) is 0 Å². The molecule has 1 N–H and O–H groups in total. The third-order valence-corrected chi connectivity index (χ3v) is 3.21. The molecule has 0 aliphatic carbocycles. The van der Waals surface area contributed by atoms with Gasteiger partial charge in [0.05, 0.1) is 6.61 Å². The van der Waals surface area contributed by atoms with E-state index in [4.69, 9.17) is 4.74 Å². The van der Waals surface area contributed by atoms with Crippen LogP contribution >= 0.6 is 12.6 Å². The van der Waals surface area contributed by atoms with Crippen molar-refractivity contribution in [3.63, 3.8) is 0 Å². The van der Waals surface area contributed by atoms with Crippen LogP contribution in [0.25, 0.3) is 0 Å². The summed E-state index contributed by atoms with van der Waals surface area (Å²) in [6.45, 7) is 6.05. The maximum atomic E-state index is 11.7. The number of hydrogen-bond acceptors (Lipinski definition) is 4. The molecule has 5 heteroatoms. The van der Waals surface area contributed by atoms with E-state index in [0.717, 1.165) is 25.7 Å². The van der Waals surface area contributed by atoms with Crippen LogP contribution in [0, 0.1) is 5.92 Å². The minimum Gasteiger partial charge on any atom is -0.464 e. The van der Waals surface area contributed by atoms with Gasteiger partial charge in [-0.25, -0.2) is 4.79 Å². The molecule has 0 bridgehead atoms. The molecule has 18 heavy (non-hydrogen) atoms. The van der Waals surface area contributed by atoms with Crippen molar-refractivity contribution in [1.82, 2.24) is 5.32 Å². The summed E-state index contributed by atoms with van der Waals surface area (Å²) >= 11 is 4.04. The third kappa shape index (κ3) is 7.58. The fraction of sp³-hybridized carbons (Fsp3) is 0.846. The molecule has 1 amide bonds. The largest absolute Gasteiger partial charge is 0.464 e. The summed E-state index contributed by atoms with van der Waals surface area (Å²) in [5.74, 6) is 0.0235. The lowest BCUT2D eigenvalue weighted by atomic mass is 10.0. The molecule has 0 radical (unpaired) electrons. The Kier molecular flexibility index (Phi) is 9.83. The van der Waals surface area contributed by atoms with E-state index in [9.17, 15) is 9.59 Å². The van der Waals surface area contributed by atoms with Crippen LogP contribution in [-0.2, 0) is 14.3 Å². The summed E-state index contributed by atoms with van der Waals surface area (Å²) in [5.41, 5.74) is 0. The highest BCUT2D eigenvalue weighted by Crippen LogP contribution is 2.13. The number of hydrogen-bond donors (Lipinski definition) is 2. The minimum absolute atomic E-state index is 0.246. The van der Waals surface area contributed by atoms with Crippen LogP contribution < -0.4 is 5.32 Å². The van der Waals surface area contributed by atoms with Gasteiger partial charge in [0.2, 0.25) is 5.91 Å². The van der Waals surface area contributed by atoms with E-state index >= 15 is 0 Å². The lowest BCUT2D eigenvalue weighted by molar-refractivity contribution is -0.148. The fourth-order valence-corrected chi connectivity index (χ4v) is 1.86. The second kappa shape index (κ2) is 10.2. The van der Waals surface area contributed by atoms with Gasteiger partial charge in [-0.05, 0) is 12.3 Å². The molecule has 1 unspecified atom stereocenters. The van der Waals surface area contributed by atoms with E-state index in [2.05, 4.69) is 31.8 Å². The molecule has 0 spiro atoms. The Labute approximate surface area is 115 Å². The second-order valence-electron chi connectivity index (χ2n) is 4.48. The van der Waals surface area contributed by atoms with Gasteiger partial charge in [0.1, 0.15) is 6.04 Å². The third-order valence-electron chi connectivity index (χ3n) is 2.85. The molecular weight excluding hydrogens is 250 g/mol. The zero-order valence-corrected chi connectivity index (χ0v) is 12.5. The average Bonchev–Trinajstić information content (AvgIpc) is 2.35. The van der Waals surface area contributed by atoms with Gasteiger partial charge >= 0.3 is 5.97 Å². The first-order chi connectivity index (χ1) is 8.54. The Morgan fingerprint density at radius 3 is 2.44 bits per heavy atom. The number of amides is 1. The Hall–Kier alpha value is -0.710. The Morgan fingerprint density at radius 1 is 1.33 bits per heavy atom. The molecule has 0 aliphatic rings. The van der Waals surface area contributed by atoms with Gasteiger partial charge in [-0.3, -0.25) is 4.79 Å². The van der Waals surface area contributed by atoms with Crippen molar-refractivity contribution in [3.05, 3.63) is 0 Å². The van der Waals surface area contributed by atoms with Crippen molar-refractivity contribution >= 4 is 24.5 Å². The highest BCUT2D eigenvalue weighted by Gasteiger charge is 2.20. The number of carbonyl (C=O) groups excluding carboxylic acids is 2. The van der Waals surface area contributed by atoms with Gasteiger partial charge in [0, 0.05) is 12.7 Å². The quantitative estimate of drug-likeness (QED) is 0.501. The first-order valence-corrected chi connectivity index (χ1v) is 7.22. The molecule has 0 aromatic rings. The minimum atomic E-state index is -0.644. The maximum absolute atomic E-state index is 11.7. The van der Waals surface area contributed by atoms with Crippen LogP contribution in [0.5, 0.6) is 0 Å². The van der Waals surface area contributed by atoms with Gasteiger partial charge in [0.25, 0.3) is 0 Å². The Balaban J connectivity index is 4.07. The van der Waals surface area contributed by atoms with Crippen molar-refractivity contribution in [2.45, 2.75) is 52.5 Å². The van der Waals surface area contributed by atoms with Crippen molar-refractivity contribution in [2.24, 2.45) is 5.92 Å². The first-order valence-electron chi connectivity index (χ1n) is 6.59. The zero-order valence-electron chi connectivity index (χ0n) is 11.6. The van der Waals surface area contributed by atoms with Crippen LogP contribution in [0.1, 0.15) is 46.5 Å². The molecule has 0 aromatic carbocycles. The average molecular weight is 275 g/mol. The smallest absolute Gasteiger partial charge is 0.329 e. The highest BCUT2D eigenvalue weighted by atomic mass is 32.1. The summed E-state index contributed by atoms with van der Waals surface area (Å²) in [6, 6.07) is -0.644. The lowest BCUT2D eigenvalue weighted by Crippen LogP contribution is -2.42. The van der Waals surface area contributed by atoms with Crippen molar-refractivity contribution < 1.29 is 14.3 Å². The number of nitrogens with one attached hydrogen (secondary N) is 1. The van der Waals surface area contributed by atoms with E-state index in [1.165, 1.54) is 6.92 Å². The highest BCUT2D eigenvalue weighted by molar-refractivity contribution is 7.80. The van der Waals surface area contributed by atoms with Crippen molar-refractivity contribution in [2.75, 3.05) is 12.4 Å². The monoisotopic (exact) mass is 275 g/mol. The molecule has 0 aromatic heterocycles. The molecule has 2 atom stereocenters.